The second-order valence-corrected chi connectivity index (χ2v) is 3.67. The fraction of sp³-hybridized carbons (Fsp3) is 0.154. The molecule has 1 atom stereocenters. The number of hydrogen-bond donors (Lipinski definition) is 1. The number of hydrogen-bond acceptors (Lipinski definition) is 2. The van der Waals surface area contributed by atoms with Gasteiger partial charge in [-0.25, -0.2) is 8.78 Å². The SMILES string of the molecule is OC(Cc1c(F)cccc1F)c1ccccn1. The van der Waals surface area contributed by atoms with Crippen LogP contribution in [0.2, 0.25) is 0 Å². The van der Waals surface area contributed by atoms with Crippen LogP contribution in [0.25, 0.3) is 0 Å². The van der Waals surface area contributed by atoms with E-state index in [9.17, 15) is 13.9 Å². The minimum atomic E-state index is -1.01. The lowest BCUT2D eigenvalue weighted by Gasteiger charge is -2.11. The molecule has 0 aliphatic heterocycles. The minimum absolute atomic E-state index is 0.120. The van der Waals surface area contributed by atoms with E-state index in [0.29, 0.717) is 5.69 Å². The molecule has 0 spiro atoms. The average molecular weight is 235 g/mol. The van der Waals surface area contributed by atoms with Crippen molar-refractivity contribution in [2.75, 3.05) is 0 Å². The van der Waals surface area contributed by atoms with Gasteiger partial charge in [0.25, 0.3) is 0 Å². The fourth-order valence-corrected chi connectivity index (χ4v) is 1.60. The van der Waals surface area contributed by atoms with Crippen molar-refractivity contribution in [3.05, 3.63) is 65.5 Å². The molecule has 0 aliphatic rings. The number of rotatable bonds is 3. The maximum absolute atomic E-state index is 13.4. The number of aromatic nitrogens is 1. The van der Waals surface area contributed by atoms with E-state index in [1.165, 1.54) is 24.4 Å². The Morgan fingerprint density at radius 1 is 1.06 bits per heavy atom. The molecule has 1 unspecified atom stereocenters. The molecule has 0 fully saturated rings. The Morgan fingerprint density at radius 3 is 2.35 bits per heavy atom. The lowest BCUT2D eigenvalue weighted by Crippen LogP contribution is -2.07. The minimum Gasteiger partial charge on any atom is -0.386 e. The fourth-order valence-electron chi connectivity index (χ4n) is 1.60. The van der Waals surface area contributed by atoms with Gasteiger partial charge < -0.3 is 5.11 Å². The quantitative estimate of drug-likeness (QED) is 0.887. The molecule has 0 amide bonds. The van der Waals surface area contributed by atoms with Gasteiger partial charge in [0.1, 0.15) is 17.7 Å². The maximum Gasteiger partial charge on any atom is 0.129 e. The maximum atomic E-state index is 13.4. The van der Waals surface area contributed by atoms with Crippen LogP contribution in [0.5, 0.6) is 0 Å². The third kappa shape index (κ3) is 2.65. The van der Waals surface area contributed by atoms with Crippen molar-refractivity contribution < 1.29 is 13.9 Å². The first-order valence-electron chi connectivity index (χ1n) is 5.20. The van der Waals surface area contributed by atoms with Crippen LogP contribution in [0.4, 0.5) is 8.78 Å². The summed E-state index contributed by atoms with van der Waals surface area (Å²) >= 11 is 0. The van der Waals surface area contributed by atoms with E-state index in [-0.39, 0.29) is 12.0 Å². The average Bonchev–Trinajstić information content (AvgIpc) is 2.35. The van der Waals surface area contributed by atoms with Crippen molar-refractivity contribution in [2.45, 2.75) is 12.5 Å². The van der Waals surface area contributed by atoms with Crippen molar-refractivity contribution in [2.24, 2.45) is 0 Å². The number of nitrogens with zero attached hydrogens (tertiary/aromatic N) is 1. The van der Waals surface area contributed by atoms with E-state index in [2.05, 4.69) is 4.98 Å². The zero-order valence-electron chi connectivity index (χ0n) is 8.98. The lowest BCUT2D eigenvalue weighted by atomic mass is 10.0. The highest BCUT2D eigenvalue weighted by Gasteiger charge is 2.15. The third-order valence-electron chi connectivity index (χ3n) is 2.49. The van der Waals surface area contributed by atoms with E-state index in [1.807, 2.05) is 0 Å². The molecule has 1 heterocycles. The first-order valence-corrected chi connectivity index (χ1v) is 5.20. The monoisotopic (exact) mass is 235 g/mol. The van der Waals surface area contributed by atoms with Gasteiger partial charge in [0, 0.05) is 18.2 Å². The normalized spacial score (nSPS) is 12.4. The Bertz CT molecular complexity index is 482. The Balaban J connectivity index is 2.22. The summed E-state index contributed by atoms with van der Waals surface area (Å²) < 4.78 is 26.7. The molecule has 2 nitrogen and oxygen atoms in total. The molecule has 0 saturated carbocycles. The van der Waals surface area contributed by atoms with Crippen LogP contribution >= 0.6 is 0 Å². The number of halogens is 2. The van der Waals surface area contributed by atoms with E-state index in [1.54, 1.807) is 18.2 Å². The zero-order chi connectivity index (χ0) is 12.3. The molecular weight excluding hydrogens is 224 g/mol. The molecule has 0 bridgehead atoms. The molecule has 2 aromatic rings. The van der Waals surface area contributed by atoms with Gasteiger partial charge >= 0.3 is 0 Å². The van der Waals surface area contributed by atoms with E-state index < -0.39 is 17.7 Å². The summed E-state index contributed by atoms with van der Waals surface area (Å²) in [7, 11) is 0. The predicted octanol–water partition coefficient (Wildman–Crippen LogP) is 2.64. The lowest BCUT2D eigenvalue weighted by molar-refractivity contribution is 0.171. The second kappa shape index (κ2) is 5.01. The second-order valence-electron chi connectivity index (χ2n) is 3.67. The van der Waals surface area contributed by atoms with Crippen LogP contribution in [0.15, 0.2) is 42.6 Å². The molecule has 17 heavy (non-hydrogen) atoms. The summed E-state index contributed by atoms with van der Waals surface area (Å²) in [5.74, 6) is -1.31. The molecule has 4 heteroatoms. The van der Waals surface area contributed by atoms with Crippen LogP contribution in [-0.4, -0.2) is 10.1 Å². The van der Waals surface area contributed by atoms with Crippen LogP contribution in [0, 0.1) is 11.6 Å². The molecule has 1 N–H and O–H groups in total. The first kappa shape index (κ1) is 11.7. The van der Waals surface area contributed by atoms with Crippen molar-refractivity contribution in [1.29, 1.82) is 0 Å². The van der Waals surface area contributed by atoms with Gasteiger partial charge in [-0.2, -0.15) is 0 Å². The Hall–Kier alpha value is -1.81. The number of aliphatic hydroxyl groups is 1. The summed E-state index contributed by atoms with van der Waals surface area (Å²) in [6, 6.07) is 8.67. The first-order chi connectivity index (χ1) is 8.18. The van der Waals surface area contributed by atoms with Gasteiger partial charge in [-0.15, -0.1) is 0 Å². The Morgan fingerprint density at radius 2 is 1.76 bits per heavy atom. The van der Waals surface area contributed by atoms with Crippen LogP contribution < -0.4 is 0 Å². The van der Waals surface area contributed by atoms with Gasteiger partial charge in [-0.05, 0) is 24.3 Å². The molecule has 88 valence electrons. The Labute approximate surface area is 97.6 Å². The topological polar surface area (TPSA) is 33.1 Å². The third-order valence-corrected chi connectivity index (χ3v) is 2.49. The van der Waals surface area contributed by atoms with E-state index in [0.717, 1.165) is 0 Å². The molecular formula is C13H11F2NO. The smallest absolute Gasteiger partial charge is 0.129 e. The highest BCUT2D eigenvalue weighted by Crippen LogP contribution is 2.20. The molecule has 0 radical (unpaired) electrons. The summed E-state index contributed by atoms with van der Waals surface area (Å²) in [6.07, 6.45) is 0.383. The molecule has 0 saturated heterocycles. The van der Waals surface area contributed by atoms with Crippen LogP contribution in [0.1, 0.15) is 17.4 Å². The number of benzene rings is 1. The number of pyridine rings is 1. The highest BCUT2D eigenvalue weighted by atomic mass is 19.1. The van der Waals surface area contributed by atoms with Crippen molar-refractivity contribution >= 4 is 0 Å². The Kier molecular flexibility index (Phi) is 3.44. The number of aliphatic hydroxyl groups excluding tert-OH is 1. The van der Waals surface area contributed by atoms with E-state index in [4.69, 9.17) is 0 Å². The van der Waals surface area contributed by atoms with E-state index >= 15 is 0 Å². The van der Waals surface area contributed by atoms with Crippen molar-refractivity contribution in [3.8, 4) is 0 Å². The zero-order valence-corrected chi connectivity index (χ0v) is 8.98. The predicted molar refractivity (Wildman–Crippen MR) is 59.3 cm³/mol. The largest absolute Gasteiger partial charge is 0.386 e. The molecule has 0 aliphatic carbocycles. The summed E-state index contributed by atoms with van der Waals surface area (Å²) in [6.45, 7) is 0. The van der Waals surface area contributed by atoms with Crippen LogP contribution in [-0.2, 0) is 6.42 Å². The van der Waals surface area contributed by atoms with Gasteiger partial charge in [-0.1, -0.05) is 12.1 Å². The molecule has 1 aromatic carbocycles. The van der Waals surface area contributed by atoms with Gasteiger partial charge in [0.2, 0.25) is 0 Å². The van der Waals surface area contributed by atoms with Gasteiger partial charge in [-0.3, -0.25) is 4.98 Å². The standard InChI is InChI=1S/C13H11F2NO/c14-10-4-3-5-11(15)9(10)8-13(17)12-6-1-2-7-16-12/h1-7,13,17H,8H2. The van der Waals surface area contributed by atoms with Gasteiger partial charge in [0.05, 0.1) is 5.69 Å². The molecule has 2 rings (SSSR count). The molecule has 1 aromatic heterocycles. The van der Waals surface area contributed by atoms with Crippen molar-refractivity contribution in [3.63, 3.8) is 0 Å². The summed E-state index contributed by atoms with van der Waals surface area (Å²) in [5, 5.41) is 9.83. The summed E-state index contributed by atoms with van der Waals surface area (Å²) in [5.41, 5.74) is 0.279. The van der Waals surface area contributed by atoms with Gasteiger partial charge in [0.15, 0.2) is 0 Å². The van der Waals surface area contributed by atoms with Crippen LogP contribution in [0.3, 0.4) is 0 Å². The summed E-state index contributed by atoms with van der Waals surface area (Å²) in [4.78, 5) is 3.94. The van der Waals surface area contributed by atoms with Crippen molar-refractivity contribution in [1.82, 2.24) is 4.98 Å². The highest BCUT2D eigenvalue weighted by molar-refractivity contribution is 5.22.